The molecule has 0 aliphatic rings. The molecule has 1 heterocycles. The van der Waals surface area contributed by atoms with E-state index in [1.807, 2.05) is 6.92 Å². The number of aromatic amines is 1. The second-order valence-corrected chi connectivity index (χ2v) is 3.83. The molecule has 0 aliphatic heterocycles. The van der Waals surface area contributed by atoms with Gasteiger partial charge >= 0.3 is 11.1 Å². The predicted octanol–water partition coefficient (Wildman–Crippen LogP) is 1.49. The molecule has 1 aromatic carbocycles. The first kappa shape index (κ1) is 10.7. The highest BCUT2D eigenvalue weighted by molar-refractivity contribution is 6.30. The number of aryl methyl sites for hydroxylation is 1. The summed E-state index contributed by atoms with van der Waals surface area (Å²) >= 11 is 5.86. The fourth-order valence-corrected chi connectivity index (χ4v) is 1.62. The van der Waals surface area contributed by atoms with Crippen molar-refractivity contribution in [3.63, 3.8) is 0 Å². The summed E-state index contributed by atoms with van der Waals surface area (Å²) in [6.07, 6.45) is 2.92. The molecule has 0 saturated carbocycles. The average molecular weight is 237 g/mol. The van der Waals surface area contributed by atoms with Crippen molar-refractivity contribution < 1.29 is 0 Å². The summed E-state index contributed by atoms with van der Waals surface area (Å²) < 4.78 is 1.28. The molecule has 0 bridgehead atoms. The highest BCUT2D eigenvalue weighted by Crippen LogP contribution is 2.17. The van der Waals surface area contributed by atoms with Gasteiger partial charge in [0.25, 0.3) is 0 Å². The number of aromatic nitrogens is 2. The lowest BCUT2D eigenvalue weighted by Crippen LogP contribution is -2.34. The van der Waals surface area contributed by atoms with Crippen LogP contribution in [0.5, 0.6) is 0 Å². The van der Waals surface area contributed by atoms with Gasteiger partial charge in [-0.2, -0.15) is 0 Å². The number of H-pyrrole nitrogens is 1. The van der Waals surface area contributed by atoms with Crippen molar-refractivity contribution in [2.75, 3.05) is 0 Å². The maximum atomic E-state index is 11.6. The summed E-state index contributed by atoms with van der Waals surface area (Å²) in [6, 6.07) is 5.18. The van der Waals surface area contributed by atoms with Crippen molar-refractivity contribution in [2.24, 2.45) is 0 Å². The highest BCUT2D eigenvalue weighted by Gasteiger charge is 2.05. The van der Waals surface area contributed by atoms with Crippen molar-refractivity contribution >= 4 is 11.6 Å². The van der Waals surface area contributed by atoms with Crippen molar-refractivity contribution in [1.82, 2.24) is 9.55 Å². The van der Waals surface area contributed by atoms with Crippen LogP contribution in [0.25, 0.3) is 5.69 Å². The molecule has 1 aromatic heterocycles. The van der Waals surface area contributed by atoms with E-state index in [1.165, 1.54) is 17.0 Å². The minimum atomic E-state index is -0.651. The van der Waals surface area contributed by atoms with Gasteiger partial charge in [0.2, 0.25) is 0 Å². The normalized spacial score (nSPS) is 10.4. The van der Waals surface area contributed by atoms with Crippen LogP contribution in [-0.2, 0) is 0 Å². The van der Waals surface area contributed by atoms with E-state index >= 15 is 0 Å². The van der Waals surface area contributed by atoms with Gasteiger partial charge in [0.1, 0.15) is 0 Å². The summed E-state index contributed by atoms with van der Waals surface area (Å²) in [5.74, 6) is 0. The Bertz CT molecular complexity index is 643. The molecule has 0 spiro atoms. The number of hydrogen-bond acceptors (Lipinski definition) is 2. The molecular weight excluding hydrogens is 228 g/mol. The van der Waals surface area contributed by atoms with Crippen LogP contribution in [-0.4, -0.2) is 9.55 Å². The lowest BCUT2D eigenvalue weighted by molar-refractivity contribution is 0.920. The Hall–Kier alpha value is -1.81. The van der Waals surface area contributed by atoms with E-state index in [-0.39, 0.29) is 0 Å². The summed E-state index contributed by atoms with van der Waals surface area (Å²) in [4.78, 5) is 25.1. The first-order valence-electron chi connectivity index (χ1n) is 4.66. The quantitative estimate of drug-likeness (QED) is 0.763. The molecular formula is C11H9ClN2O2. The number of hydrogen-bond donors (Lipinski definition) is 1. The Labute approximate surface area is 96.1 Å². The van der Waals surface area contributed by atoms with E-state index in [0.29, 0.717) is 10.7 Å². The monoisotopic (exact) mass is 236 g/mol. The second kappa shape index (κ2) is 3.98. The molecule has 0 unspecified atom stereocenters. The van der Waals surface area contributed by atoms with Crippen LogP contribution in [0.15, 0.2) is 40.2 Å². The molecule has 16 heavy (non-hydrogen) atoms. The third kappa shape index (κ3) is 1.79. The van der Waals surface area contributed by atoms with Gasteiger partial charge in [0.15, 0.2) is 0 Å². The van der Waals surface area contributed by atoms with E-state index in [2.05, 4.69) is 4.98 Å². The van der Waals surface area contributed by atoms with E-state index in [0.717, 1.165) is 5.56 Å². The van der Waals surface area contributed by atoms with Gasteiger partial charge in [0, 0.05) is 17.4 Å². The third-order valence-corrected chi connectivity index (χ3v) is 2.52. The van der Waals surface area contributed by atoms with Crippen molar-refractivity contribution in [3.05, 3.63) is 61.9 Å². The van der Waals surface area contributed by atoms with Crippen LogP contribution < -0.4 is 11.1 Å². The maximum Gasteiger partial charge on any atom is 0.320 e. The molecule has 2 rings (SSSR count). The molecule has 0 aliphatic carbocycles. The first-order chi connectivity index (χ1) is 7.59. The molecule has 0 radical (unpaired) electrons. The zero-order valence-electron chi connectivity index (χ0n) is 8.53. The second-order valence-electron chi connectivity index (χ2n) is 3.40. The molecule has 0 fully saturated rings. The number of nitrogens with zero attached hydrogens (tertiary/aromatic N) is 1. The lowest BCUT2D eigenvalue weighted by Gasteiger charge is -2.08. The largest absolute Gasteiger partial charge is 0.323 e. The molecule has 82 valence electrons. The molecule has 1 N–H and O–H groups in total. The number of nitrogens with one attached hydrogen (secondary N) is 1. The maximum absolute atomic E-state index is 11.6. The van der Waals surface area contributed by atoms with Crippen LogP contribution >= 0.6 is 11.6 Å². The van der Waals surface area contributed by atoms with Gasteiger partial charge in [-0.1, -0.05) is 17.7 Å². The molecule has 5 heteroatoms. The van der Waals surface area contributed by atoms with Gasteiger partial charge in [-0.25, -0.2) is 0 Å². The number of halogens is 1. The minimum absolute atomic E-state index is 0.521. The standard InChI is InChI=1S/C11H9ClN2O2/c1-7-2-3-8(12)6-9(7)14-5-4-13-10(15)11(14)16/h2-6H,1H3,(H,13,15). The molecule has 2 aromatic rings. The molecule has 0 amide bonds. The number of rotatable bonds is 1. The number of benzene rings is 1. The summed E-state index contributed by atoms with van der Waals surface area (Å²) in [7, 11) is 0. The lowest BCUT2D eigenvalue weighted by atomic mass is 10.2. The predicted molar refractivity (Wildman–Crippen MR) is 62.4 cm³/mol. The molecule has 4 nitrogen and oxygen atoms in total. The Morgan fingerprint density at radius 3 is 2.81 bits per heavy atom. The molecule has 0 atom stereocenters. The van der Waals surface area contributed by atoms with Gasteiger partial charge in [-0.3, -0.25) is 14.2 Å². The zero-order valence-corrected chi connectivity index (χ0v) is 9.28. The van der Waals surface area contributed by atoms with E-state index in [9.17, 15) is 9.59 Å². The van der Waals surface area contributed by atoms with E-state index in [1.54, 1.807) is 18.2 Å². The van der Waals surface area contributed by atoms with Crippen molar-refractivity contribution in [1.29, 1.82) is 0 Å². The Morgan fingerprint density at radius 1 is 1.31 bits per heavy atom. The zero-order chi connectivity index (χ0) is 11.7. The van der Waals surface area contributed by atoms with Crippen LogP contribution in [0.3, 0.4) is 0 Å². The van der Waals surface area contributed by atoms with Gasteiger partial charge < -0.3 is 4.98 Å². The fraction of sp³-hybridized carbons (Fsp3) is 0.0909. The highest BCUT2D eigenvalue weighted by atomic mass is 35.5. The Balaban J connectivity index is 2.77. The summed E-state index contributed by atoms with van der Waals surface area (Å²) in [5.41, 5.74) is 0.218. The van der Waals surface area contributed by atoms with Crippen LogP contribution in [0.1, 0.15) is 5.56 Å². The van der Waals surface area contributed by atoms with Crippen LogP contribution in [0.2, 0.25) is 5.02 Å². The average Bonchev–Trinajstić information content (AvgIpc) is 2.26. The SMILES string of the molecule is Cc1ccc(Cl)cc1-n1cc[nH]c(=O)c1=O. The van der Waals surface area contributed by atoms with Gasteiger partial charge in [0.05, 0.1) is 5.69 Å². The third-order valence-electron chi connectivity index (χ3n) is 2.28. The molecule has 0 saturated heterocycles. The smallest absolute Gasteiger partial charge is 0.320 e. The Kier molecular flexibility index (Phi) is 2.66. The summed E-state index contributed by atoms with van der Waals surface area (Å²) in [5, 5.41) is 0.521. The van der Waals surface area contributed by atoms with Gasteiger partial charge in [-0.15, -0.1) is 0 Å². The van der Waals surface area contributed by atoms with E-state index < -0.39 is 11.1 Å². The topological polar surface area (TPSA) is 54.9 Å². The van der Waals surface area contributed by atoms with Crippen molar-refractivity contribution in [3.8, 4) is 5.69 Å². The first-order valence-corrected chi connectivity index (χ1v) is 5.04. The minimum Gasteiger partial charge on any atom is -0.323 e. The van der Waals surface area contributed by atoms with Gasteiger partial charge in [-0.05, 0) is 24.6 Å². The summed E-state index contributed by atoms with van der Waals surface area (Å²) in [6.45, 7) is 1.85. The Morgan fingerprint density at radius 2 is 2.06 bits per heavy atom. The fourth-order valence-electron chi connectivity index (χ4n) is 1.46. The van der Waals surface area contributed by atoms with Crippen LogP contribution in [0.4, 0.5) is 0 Å². The van der Waals surface area contributed by atoms with E-state index in [4.69, 9.17) is 11.6 Å². The van der Waals surface area contributed by atoms with Crippen LogP contribution in [0, 0.1) is 6.92 Å². The van der Waals surface area contributed by atoms with Crippen molar-refractivity contribution in [2.45, 2.75) is 6.92 Å².